The number of aliphatic carboxylic acids is 1. The van der Waals surface area contributed by atoms with Gasteiger partial charge in [-0.25, -0.2) is 0 Å². The molecule has 0 unspecified atom stereocenters. The number of carbonyl (C=O) groups excluding carboxylic acids is 1. The highest BCUT2D eigenvalue weighted by atomic mass is 28.4. The summed E-state index contributed by atoms with van der Waals surface area (Å²) in [6, 6.07) is 10.3. The monoisotopic (exact) mass is 530 g/mol. The third-order valence-corrected chi connectivity index (χ3v) is 12.0. The van der Waals surface area contributed by atoms with E-state index in [-0.39, 0.29) is 11.8 Å². The Kier molecular flexibility index (Phi) is 7.18. The van der Waals surface area contributed by atoms with E-state index in [1.165, 1.54) is 14.2 Å². The number of benzene rings is 2. The van der Waals surface area contributed by atoms with Crippen molar-refractivity contribution in [3.8, 4) is 23.0 Å². The lowest BCUT2D eigenvalue weighted by atomic mass is 9.81. The van der Waals surface area contributed by atoms with E-state index in [1.807, 2.05) is 0 Å². The minimum atomic E-state index is -2.48. The van der Waals surface area contributed by atoms with Crippen molar-refractivity contribution in [1.82, 2.24) is 0 Å². The maximum Gasteiger partial charge on any atom is 0.313 e. The number of carbonyl (C=O) groups is 2. The Morgan fingerprint density at radius 2 is 1.70 bits per heavy atom. The molecule has 2 aromatic rings. The van der Waals surface area contributed by atoms with Crippen molar-refractivity contribution in [2.24, 2.45) is 11.8 Å². The van der Waals surface area contributed by atoms with E-state index in [0.29, 0.717) is 34.1 Å². The Morgan fingerprint density at radius 3 is 2.32 bits per heavy atom. The highest BCUT2D eigenvalue weighted by molar-refractivity contribution is 6.74. The van der Waals surface area contributed by atoms with Crippen molar-refractivity contribution in [3.05, 3.63) is 47.5 Å². The predicted molar refractivity (Wildman–Crippen MR) is 137 cm³/mol. The van der Waals surface area contributed by atoms with Crippen molar-refractivity contribution >= 4 is 20.3 Å². The van der Waals surface area contributed by atoms with E-state index >= 15 is 0 Å². The second-order valence-electron chi connectivity index (χ2n) is 10.8. The molecule has 4 atom stereocenters. The van der Waals surface area contributed by atoms with Crippen LogP contribution in [0.1, 0.15) is 44.1 Å². The normalized spacial score (nSPS) is 21.9. The summed E-state index contributed by atoms with van der Waals surface area (Å²) in [6.07, 6.45) is -1.90. The van der Waals surface area contributed by atoms with Crippen LogP contribution in [0.2, 0.25) is 18.1 Å². The van der Waals surface area contributed by atoms with Gasteiger partial charge in [-0.15, -0.1) is 0 Å². The van der Waals surface area contributed by atoms with Crippen LogP contribution >= 0.6 is 0 Å². The third kappa shape index (κ3) is 5.00. The molecule has 0 aliphatic carbocycles. The first kappa shape index (κ1) is 26.8. The number of rotatable bonds is 8. The van der Waals surface area contributed by atoms with E-state index in [4.69, 9.17) is 28.1 Å². The van der Waals surface area contributed by atoms with Crippen LogP contribution in [0.4, 0.5) is 0 Å². The number of ether oxygens (including phenoxy) is 5. The van der Waals surface area contributed by atoms with Gasteiger partial charge in [0.25, 0.3) is 0 Å². The van der Waals surface area contributed by atoms with Crippen LogP contribution in [0.5, 0.6) is 23.0 Å². The van der Waals surface area contributed by atoms with Gasteiger partial charge in [-0.2, -0.15) is 0 Å². The lowest BCUT2D eigenvalue weighted by Gasteiger charge is -2.41. The molecule has 2 heterocycles. The fourth-order valence-electron chi connectivity index (χ4n) is 4.45. The summed E-state index contributed by atoms with van der Waals surface area (Å²) >= 11 is 0. The molecule has 1 saturated heterocycles. The summed E-state index contributed by atoms with van der Waals surface area (Å²) in [6.45, 7) is 10.5. The number of fused-ring (bicyclic) bond motifs is 1. The van der Waals surface area contributed by atoms with Gasteiger partial charge in [-0.05, 0) is 53.5 Å². The van der Waals surface area contributed by atoms with Crippen molar-refractivity contribution in [2.75, 3.05) is 21.0 Å². The van der Waals surface area contributed by atoms with E-state index in [2.05, 4.69) is 33.9 Å². The average molecular weight is 531 g/mol. The number of cyclic esters (lactones) is 1. The molecule has 4 rings (SSSR count). The molecule has 1 N–H and O–H groups in total. The predicted octanol–water partition coefficient (Wildman–Crippen LogP) is 5.11. The van der Waals surface area contributed by atoms with Crippen LogP contribution < -0.4 is 18.9 Å². The molecule has 0 spiro atoms. The first-order valence-corrected chi connectivity index (χ1v) is 15.0. The fourth-order valence-corrected chi connectivity index (χ4v) is 5.72. The molecule has 200 valence electrons. The number of carboxylic acids is 1. The average Bonchev–Trinajstić information content (AvgIpc) is 3.45. The smallest absolute Gasteiger partial charge is 0.313 e. The van der Waals surface area contributed by atoms with Crippen LogP contribution in [0.3, 0.4) is 0 Å². The zero-order valence-electron chi connectivity index (χ0n) is 22.2. The molecule has 1 fully saturated rings. The van der Waals surface area contributed by atoms with E-state index in [9.17, 15) is 14.7 Å². The summed E-state index contributed by atoms with van der Waals surface area (Å²) in [5.74, 6) is -2.07. The summed E-state index contributed by atoms with van der Waals surface area (Å²) < 4.78 is 34.3. The SMILES string of the molecule is COc1ccc([C@@H]2OC(=O)[C@H]([C@@H](O[Si](C)(C)C(C)(C)C)c3ccc4c(c3)OCO4)[C@@H]2C(=O)O)cc1OC. The first-order valence-electron chi connectivity index (χ1n) is 12.1. The molecule has 0 radical (unpaired) electrons. The van der Waals surface area contributed by atoms with Gasteiger partial charge in [0.1, 0.15) is 17.9 Å². The molecule has 37 heavy (non-hydrogen) atoms. The van der Waals surface area contributed by atoms with Crippen LogP contribution in [0.25, 0.3) is 0 Å². The number of carboxylic acid groups (broad SMARTS) is 1. The molecule has 0 bridgehead atoms. The van der Waals surface area contributed by atoms with Crippen molar-refractivity contribution in [3.63, 3.8) is 0 Å². The van der Waals surface area contributed by atoms with E-state index in [1.54, 1.807) is 36.4 Å². The van der Waals surface area contributed by atoms with E-state index in [0.717, 1.165) is 0 Å². The standard InChI is InChI=1S/C27H34O9Si/c1-27(2,3)37(6,7)36-24(16-9-11-18-20(13-16)34-14-33-18)22-21(25(28)29)23(35-26(22)30)15-8-10-17(31-4)19(12-15)32-5/h8-13,21-24H,14H2,1-7H3,(H,28,29)/t21-,22-,23-,24-/m0/s1. The van der Waals surface area contributed by atoms with Crippen LogP contribution in [0, 0.1) is 11.8 Å². The van der Waals surface area contributed by atoms with E-state index < -0.39 is 44.3 Å². The Bertz CT molecular complexity index is 1190. The first-order chi connectivity index (χ1) is 17.4. The van der Waals surface area contributed by atoms with Crippen LogP contribution in [-0.2, 0) is 18.8 Å². The van der Waals surface area contributed by atoms with Crippen LogP contribution in [-0.4, -0.2) is 46.4 Å². The summed E-state index contributed by atoms with van der Waals surface area (Å²) in [5.41, 5.74) is 1.13. The van der Waals surface area contributed by atoms with Crippen LogP contribution in [0.15, 0.2) is 36.4 Å². The zero-order chi connectivity index (χ0) is 27.1. The lowest BCUT2D eigenvalue weighted by molar-refractivity contribution is -0.148. The number of hydrogen-bond donors (Lipinski definition) is 1. The molecule has 0 amide bonds. The third-order valence-electron chi connectivity index (χ3n) is 7.53. The molecule has 2 aromatic carbocycles. The fraction of sp³-hybridized carbons (Fsp3) is 0.481. The molecular formula is C27H34O9Si. The largest absolute Gasteiger partial charge is 0.493 e. The maximum atomic E-state index is 13.5. The molecular weight excluding hydrogens is 496 g/mol. The molecule has 0 saturated carbocycles. The van der Waals surface area contributed by atoms with Gasteiger partial charge in [0.15, 0.2) is 31.3 Å². The Hall–Kier alpha value is -3.24. The second-order valence-corrected chi connectivity index (χ2v) is 15.5. The van der Waals surface area contributed by atoms with Crippen molar-refractivity contribution in [2.45, 2.75) is 51.1 Å². The highest BCUT2D eigenvalue weighted by Crippen LogP contribution is 2.51. The van der Waals surface area contributed by atoms with Gasteiger partial charge < -0.3 is 33.2 Å². The number of hydrogen-bond acceptors (Lipinski definition) is 8. The molecule has 2 aliphatic rings. The maximum absolute atomic E-state index is 13.5. The van der Waals surface area contributed by atoms with Gasteiger partial charge in [0, 0.05) is 0 Å². The Labute approximate surface area is 217 Å². The number of methoxy groups -OCH3 is 2. The zero-order valence-corrected chi connectivity index (χ0v) is 23.2. The van der Waals surface area contributed by atoms with Gasteiger partial charge in [-0.3, -0.25) is 9.59 Å². The molecule has 10 heteroatoms. The molecule has 0 aromatic heterocycles. The van der Waals surface area contributed by atoms with Gasteiger partial charge >= 0.3 is 11.9 Å². The van der Waals surface area contributed by atoms with Gasteiger partial charge in [-0.1, -0.05) is 32.9 Å². The molecule has 9 nitrogen and oxygen atoms in total. The van der Waals surface area contributed by atoms with Crippen molar-refractivity contribution < 1.29 is 42.8 Å². The lowest BCUT2D eigenvalue weighted by Crippen LogP contribution is -2.45. The minimum Gasteiger partial charge on any atom is -0.493 e. The quantitative estimate of drug-likeness (QED) is 0.368. The topological polar surface area (TPSA) is 110 Å². The molecule has 2 aliphatic heterocycles. The summed E-state index contributed by atoms with van der Waals surface area (Å²) in [7, 11) is 0.524. The second kappa shape index (κ2) is 9.90. The number of esters is 1. The van der Waals surface area contributed by atoms with Gasteiger partial charge in [0.05, 0.1) is 20.3 Å². The van der Waals surface area contributed by atoms with Crippen molar-refractivity contribution in [1.29, 1.82) is 0 Å². The van der Waals surface area contributed by atoms with Gasteiger partial charge in [0.2, 0.25) is 6.79 Å². The summed E-state index contributed by atoms with van der Waals surface area (Å²) in [5, 5.41) is 10.2. The Morgan fingerprint density at radius 1 is 1.03 bits per heavy atom. The highest BCUT2D eigenvalue weighted by Gasteiger charge is 2.55. The Balaban J connectivity index is 1.80. The summed E-state index contributed by atoms with van der Waals surface area (Å²) in [4.78, 5) is 26.2. The minimum absolute atomic E-state index is 0.0944.